The highest BCUT2D eigenvalue weighted by Gasteiger charge is 2.19. The molecule has 1 nitrogen and oxygen atoms in total. The van der Waals surface area contributed by atoms with Gasteiger partial charge in [0.2, 0.25) is 0 Å². The van der Waals surface area contributed by atoms with E-state index < -0.39 is 28.2 Å². The van der Waals surface area contributed by atoms with Gasteiger partial charge in [0.15, 0.2) is 23.3 Å². The number of nitrogens with zero attached hydrogens (tertiary/aromatic N) is 1. The number of aromatic nitrogens is 1. The van der Waals surface area contributed by atoms with E-state index >= 15 is 0 Å². The first kappa shape index (κ1) is 13.9. The van der Waals surface area contributed by atoms with E-state index in [1.54, 1.807) is 24.5 Å². The van der Waals surface area contributed by atoms with Gasteiger partial charge in [-0.1, -0.05) is 0 Å². The zero-order chi connectivity index (χ0) is 13.8. The van der Waals surface area contributed by atoms with Crippen molar-refractivity contribution in [1.29, 1.82) is 0 Å². The average molecular weight is 287 g/mol. The lowest BCUT2D eigenvalue weighted by molar-refractivity contribution is 0.426. The molecule has 0 aliphatic heterocycles. The Morgan fingerprint density at radius 1 is 0.947 bits per heavy atom. The summed E-state index contributed by atoms with van der Waals surface area (Å²) in [6, 6.07) is 3.73. The van der Waals surface area contributed by atoms with Crippen LogP contribution in [0.2, 0.25) is 0 Å². The van der Waals surface area contributed by atoms with Gasteiger partial charge in [-0.25, -0.2) is 17.6 Å². The average Bonchev–Trinajstić information content (AvgIpc) is 2.42. The molecule has 19 heavy (non-hydrogen) atoms. The molecule has 1 aromatic heterocycles. The van der Waals surface area contributed by atoms with Crippen molar-refractivity contribution in [1.82, 2.24) is 4.98 Å². The van der Waals surface area contributed by atoms with Gasteiger partial charge < -0.3 is 0 Å². The van der Waals surface area contributed by atoms with Crippen molar-refractivity contribution in [3.8, 4) is 0 Å². The maximum Gasteiger partial charge on any atom is 0.175 e. The molecule has 0 saturated heterocycles. The molecule has 6 heteroatoms. The summed E-state index contributed by atoms with van der Waals surface area (Å²) in [6.07, 6.45) is 3.72. The Bertz CT molecular complexity index is 548. The summed E-state index contributed by atoms with van der Waals surface area (Å²) in [5.41, 5.74) is 0.931. The molecule has 2 rings (SSSR count). The minimum atomic E-state index is -1.38. The predicted octanol–water partition coefficient (Wildman–Crippen LogP) is 3.97. The molecule has 0 radical (unpaired) electrons. The molecule has 2 aromatic rings. The van der Waals surface area contributed by atoms with E-state index in [1.807, 2.05) is 0 Å². The zero-order valence-electron chi connectivity index (χ0n) is 9.67. The summed E-state index contributed by atoms with van der Waals surface area (Å²) in [7, 11) is 0. The third-order valence-electron chi connectivity index (χ3n) is 2.46. The molecule has 0 amide bonds. The van der Waals surface area contributed by atoms with Gasteiger partial charge in [0, 0.05) is 24.2 Å². The van der Waals surface area contributed by atoms with Gasteiger partial charge in [-0.15, -0.1) is 11.8 Å². The molecule has 1 aromatic carbocycles. The standard InChI is InChI=1S/C13H9F4NS/c14-9-7-10(15)12(17)13(11(9)16)19-6-3-8-1-4-18-5-2-8/h1-2,4-5,7H,3,6H2. The molecule has 0 N–H and O–H groups in total. The van der Waals surface area contributed by atoms with E-state index in [1.165, 1.54) is 0 Å². The largest absolute Gasteiger partial charge is 0.265 e. The molecule has 1 heterocycles. The van der Waals surface area contributed by atoms with Crippen LogP contribution in [0.25, 0.3) is 0 Å². The van der Waals surface area contributed by atoms with Gasteiger partial charge >= 0.3 is 0 Å². The maximum absolute atomic E-state index is 13.4. The number of hydrogen-bond donors (Lipinski definition) is 0. The second-order valence-electron chi connectivity index (χ2n) is 3.75. The number of hydrogen-bond acceptors (Lipinski definition) is 2. The molecule has 0 saturated carbocycles. The maximum atomic E-state index is 13.4. The van der Waals surface area contributed by atoms with Gasteiger partial charge in [-0.3, -0.25) is 4.98 Å². The Morgan fingerprint density at radius 3 is 2.11 bits per heavy atom. The van der Waals surface area contributed by atoms with Crippen LogP contribution in [-0.2, 0) is 6.42 Å². The second-order valence-corrected chi connectivity index (χ2v) is 4.86. The summed E-state index contributed by atoms with van der Waals surface area (Å²) in [6.45, 7) is 0. The van der Waals surface area contributed by atoms with E-state index in [4.69, 9.17) is 0 Å². The van der Waals surface area contributed by atoms with Gasteiger partial charge in [0.05, 0.1) is 4.90 Å². The monoisotopic (exact) mass is 287 g/mol. The van der Waals surface area contributed by atoms with E-state index in [2.05, 4.69) is 4.98 Å². The Balaban J connectivity index is 2.08. The number of halogens is 4. The Morgan fingerprint density at radius 2 is 1.53 bits per heavy atom. The summed E-state index contributed by atoms with van der Waals surface area (Å²) in [5, 5.41) is 0. The van der Waals surface area contributed by atoms with Gasteiger partial charge in [0.1, 0.15) is 0 Å². The molecule has 100 valence electrons. The van der Waals surface area contributed by atoms with Gasteiger partial charge in [-0.05, 0) is 24.1 Å². The molecule has 0 unspecified atom stereocenters. The van der Waals surface area contributed by atoms with Crippen LogP contribution in [0.3, 0.4) is 0 Å². The van der Waals surface area contributed by atoms with Crippen molar-refractivity contribution in [3.05, 3.63) is 59.4 Å². The predicted molar refractivity (Wildman–Crippen MR) is 64.9 cm³/mol. The number of benzene rings is 1. The number of thioether (sulfide) groups is 1. The first-order valence-corrected chi connectivity index (χ1v) is 6.43. The highest BCUT2D eigenvalue weighted by atomic mass is 32.2. The van der Waals surface area contributed by atoms with Crippen molar-refractivity contribution < 1.29 is 17.6 Å². The Kier molecular flexibility index (Phi) is 4.42. The van der Waals surface area contributed by atoms with Crippen LogP contribution < -0.4 is 0 Å². The molecule has 0 fully saturated rings. The van der Waals surface area contributed by atoms with Gasteiger partial charge in [0.25, 0.3) is 0 Å². The smallest absolute Gasteiger partial charge is 0.175 e. The number of aryl methyl sites for hydroxylation is 1. The van der Waals surface area contributed by atoms with Crippen molar-refractivity contribution >= 4 is 11.8 Å². The van der Waals surface area contributed by atoms with E-state index in [0.29, 0.717) is 12.2 Å². The highest BCUT2D eigenvalue weighted by molar-refractivity contribution is 7.99. The van der Waals surface area contributed by atoms with E-state index in [0.717, 1.165) is 17.3 Å². The second kappa shape index (κ2) is 6.06. The SMILES string of the molecule is Fc1cc(F)c(F)c(SCCc2ccncc2)c1F. The molecule has 0 spiro atoms. The molecule has 0 atom stereocenters. The molecular formula is C13H9F4NS. The van der Waals surface area contributed by atoms with Crippen LogP contribution >= 0.6 is 11.8 Å². The molecule has 0 aliphatic carbocycles. The third-order valence-corrected chi connectivity index (χ3v) is 3.51. The fourth-order valence-electron chi connectivity index (χ4n) is 1.50. The van der Waals surface area contributed by atoms with Gasteiger partial charge in [-0.2, -0.15) is 0 Å². The van der Waals surface area contributed by atoms with Crippen LogP contribution in [0.5, 0.6) is 0 Å². The summed E-state index contributed by atoms with van der Waals surface area (Å²) < 4.78 is 52.6. The van der Waals surface area contributed by atoms with Crippen LogP contribution in [-0.4, -0.2) is 10.7 Å². The summed E-state index contributed by atoms with van der Waals surface area (Å²) in [4.78, 5) is 3.22. The van der Waals surface area contributed by atoms with E-state index in [-0.39, 0.29) is 6.07 Å². The van der Waals surface area contributed by atoms with Crippen LogP contribution in [0.1, 0.15) is 5.56 Å². The summed E-state index contributed by atoms with van der Waals surface area (Å²) >= 11 is 0.746. The quantitative estimate of drug-likeness (QED) is 0.479. The molecule has 0 aliphatic rings. The fourth-order valence-corrected chi connectivity index (χ4v) is 2.49. The van der Waals surface area contributed by atoms with E-state index in [9.17, 15) is 17.6 Å². The summed E-state index contributed by atoms with van der Waals surface area (Å²) in [5.74, 6) is -5.16. The lowest BCUT2D eigenvalue weighted by Gasteiger charge is -2.06. The molecule has 0 bridgehead atoms. The van der Waals surface area contributed by atoms with Crippen molar-refractivity contribution in [3.63, 3.8) is 0 Å². The Hall–Kier alpha value is -1.56. The van der Waals surface area contributed by atoms with Crippen molar-refractivity contribution in [2.45, 2.75) is 11.3 Å². The number of rotatable bonds is 4. The number of pyridine rings is 1. The fraction of sp³-hybridized carbons (Fsp3) is 0.154. The van der Waals surface area contributed by atoms with Crippen LogP contribution in [0, 0.1) is 23.3 Å². The third kappa shape index (κ3) is 3.26. The first-order valence-electron chi connectivity index (χ1n) is 5.44. The normalized spacial score (nSPS) is 10.7. The van der Waals surface area contributed by atoms with Crippen molar-refractivity contribution in [2.75, 3.05) is 5.75 Å². The first-order chi connectivity index (χ1) is 9.09. The lowest BCUT2D eigenvalue weighted by Crippen LogP contribution is -1.99. The van der Waals surface area contributed by atoms with Crippen LogP contribution in [0.4, 0.5) is 17.6 Å². The molecular weight excluding hydrogens is 278 g/mol. The topological polar surface area (TPSA) is 12.9 Å². The minimum absolute atomic E-state index is 0.206. The highest BCUT2D eigenvalue weighted by Crippen LogP contribution is 2.29. The van der Waals surface area contributed by atoms with Crippen molar-refractivity contribution in [2.24, 2.45) is 0 Å². The van der Waals surface area contributed by atoms with Crippen LogP contribution in [0.15, 0.2) is 35.5 Å². The lowest BCUT2D eigenvalue weighted by atomic mass is 10.2. The zero-order valence-corrected chi connectivity index (χ0v) is 10.5. The minimum Gasteiger partial charge on any atom is -0.265 e. The Labute approximate surface area is 111 Å².